The highest BCUT2D eigenvalue weighted by Gasteiger charge is 2.19. The first-order valence-electron chi connectivity index (χ1n) is 8.78. The van der Waals surface area contributed by atoms with E-state index in [9.17, 15) is 8.42 Å². The maximum Gasteiger partial charge on any atom is 0.265 e. The minimum absolute atomic E-state index is 0.240. The second-order valence-electron chi connectivity index (χ2n) is 6.31. The highest BCUT2D eigenvalue weighted by molar-refractivity contribution is 8.03. The minimum Gasteiger partial charge on any atom is -0.349 e. The smallest absolute Gasteiger partial charge is 0.265 e. The summed E-state index contributed by atoms with van der Waals surface area (Å²) in [7, 11) is -3.95. The molecule has 2 heterocycles. The molecule has 0 spiro atoms. The van der Waals surface area contributed by atoms with E-state index in [4.69, 9.17) is 4.55 Å². The van der Waals surface area contributed by atoms with Gasteiger partial charge in [0.15, 0.2) is 6.54 Å². The Kier molecular flexibility index (Phi) is 5.54. The van der Waals surface area contributed by atoms with Crippen LogP contribution in [0.1, 0.15) is 11.4 Å². The number of hydrogen-bond donors (Lipinski definition) is 2. The van der Waals surface area contributed by atoms with Crippen molar-refractivity contribution in [3.05, 3.63) is 70.7 Å². The van der Waals surface area contributed by atoms with Gasteiger partial charge in [-0.15, -0.1) is 0 Å². The third-order valence-electron chi connectivity index (χ3n) is 4.27. The largest absolute Gasteiger partial charge is 0.349 e. The number of rotatable bonds is 6. The quantitative estimate of drug-likeness (QED) is 0.443. The number of thioether (sulfide) groups is 1. The standard InChI is InChI=1S/C20H18N2O3S3/c23-28(24,25)14-6-13-22-16-8-2-4-10-18(16)27-20(22)12-5-11-19-21-15-7-1-3-9-17(15)26-19/h1-5,7-12H,6,13-14H2,(H,23,24,25)/p+1. The number of aromatic nitrogens is 1. The highest BCUT2D eigenvalue weighted by atomic mass is 32.2. The van der Waals surface area contributed by atoms with Gasteiger partial charge in [-0.25, -0.2) is 0 Å². The zero-order valence-electron chi connectivity index (χ0n) is 14.9. The molecule has 1 aliphatic heterocycles. The molecule has 8 heteroatoms. The Morgan fingerprint density at radius 3 is 2.71 bits per heavy atom. The van der Waals surface area contributed by atoms with E-state index in [-0.39, 0.29) is 5.75 Å². The van der Waals surface area contributed by atoms with Crippen molar-refractivity contribution in [1.29, 1.82) is 0 Å². The lowest BCUT2D eigenvalue weighted by Crippen LogP contribution is -2.35. The van der Waals surface area contributed by atoms with Crippen LogP contribution in [0.4, 0.5) is 5.69 Å². The van der Waals surface area contributed by atoms with Crippen LogP contribution in [-0.2, 0) is 16.7 Å². The SMILES string of the molecule is O=S(=O)(O)CCC[n+]1c(C=CC=C2Nc3ccccc3S2)sc2ccccc21. The van der Waals surface area contributed by atoms with Crippen LogP contribution in [0.25, 0.3) is 16.3 Å². The predicted octanol–water partition coefficient (Wildman–Crippen LogP) is 4.54. The lowest BCUT2D eigenvalue weighted by Gasteiger charge is -1.97. The number of nitrogens with zero attached hydrogens (tertiary/aromatic N) is 1. The molecule has 4 rings (SSSR count). The second-order valence-corrected chi connectivity index (χ2v) is 10.0. The first-order valence-corrected chi connectivity index (χ1v) is 12.0. The Morgan fingerprint density at radius 2 is 1.89 bits per heavy atom. The zero-order valence-corrected chi connectivity index (χ0v) is 17.4. The summed E-state index contributed by atoms with van der Waals surface area (Å²) in [6, 6.07) is 16.2. The van der Waals surface area contributed by atoms with Crippen LogP contribution >= 0.6 is 23.1 Å². The first kappa shape index (κ1) is 19.2. The van der Waals surface area contributed by atoms with Gasteiger partial charge in [-0.1, -0.05) is 53.4 Å². The number of nitrogens with one attached hydrogen (secondary N) is 1. The molecule has 0 unspecified atom stereocenters. The topological polar surface area (TPSA) is 70.3 Å². The van der Waals surface area contributed by atoms with E-state index in [0.717, 1.165) is 25.9 Å². The summed E-state index contributed by atoms with van der Waals surface area (Å²) in [5.74, 6) is -0.240. The molecule has 0 radical (unpaired) electrons. The van der Waals surface area contributed by atoms with Crippen molar-refractivity contribution in [3.63, 3.8) is 0 Å². The van der Waals surface area contributed by atoms with Crippen molar-refractivity contribution in [3.8, 4) is 0 Å². The fraction of sp³-hybridized carbons (Fsp3) is 0.150. The van der Waals surface area contributed by atoms with E-state index in [1.165, 1.54) is 4.90 Å². The molecule has 0 saturated carbocycles. The molecule has 0 saturated heterocycles. The Bertz CT molecular complexity index is 1150. The molecule has 0 bridgehead atoms. The monoisotopic (exact) mass is 431 g/mol. The van der Waals surface area contributed by atoms with Crippen molar-refractivity contribution in [2.45, 2.75) is 17.9 Å². The average Bonchev–Trinajstić information content (AvgIpc) is 3.22. The van der Waals surface area contributed by atoms with Gasteiger partial charge in [-0.2, -0.15) is 13.0 Å². The van der Waals surface area contributed by atoms with E-state index in [2.05, 4.69) is 28.1 Å². The molecule has 0 amide bonds. The van der Waals surface area contributed by atoms with E-state index in [1.54, 1.807) is 23.1 Å². The van der Waals surface area contributed by atoms with Gasteiger partial charge < -0.3 is 5.32 Å². The van der Waals surface area contributed by atoms with Crippen molar-refractivity contribution in [2.75, 3.05) is 11.1 Å². The maximum atomic E-state index is 11.0. The number of fused-ring (bicyclic) bond motifs is 2. The van der Waals surface area contributed by atoms with Crippen molar-refractivity contribution < 1.29 is 17.5 Å². The van der Waals surface area contributed by atoms with Gasteiger partial charge in [-0.3, -0.25) is 4.55 Å². The predicted molar refractivity (Wildman–Crippen MR) is 116 cm³/mol. The molecule has 0 fully saturated rings. The summed E-state index contributed by atoms with van der Waals surface area (Å²) in [4.78, 5) is 1.21. The zero-order chi connectivity index (χ0) is 19.6. The molecule has 5 nitrogen and oxygen atoms in total. The van der Waals surface area contributed by atoms with Gasteiger partial charge in [0, 0.05) is 23.5 Å². The Labute approximate surface area is 172 Å². The molecule has 3 aromatic rings. The van der Waals surface area contributed by atoms with E-state index >= 15 is 0 Å². The van der Waals surface area contributed by atoms with Crippen molar-refractivity contribution in [2.24, 2.45) is 0 Å². The van der Waals surface area contributed by atoms with Crippen LogP contribution in [0.3, 0.4) is 0 Å². The number of aryl methyl sites for hydroxylation is 1. The summed E-state index contributed by atoms with van der Waals surface area (Å²) in [6.07, 6.45) is 6.44. The molecule has 144 valence electrons. The number of para-hydroxylation sites is 2. The summed E-state index contributed by atoms with van der Waals surface area (Å²) in [5, 5.41) is 5.49. The Hall–Kier alpha value is -2.13. The fourth-order valence-electron chi connectivity index (χ4n) is 3.04. The number of allylic oxidation sites excluding steroid dienone is 2. The number of hydrogen-bond acceptors (Lipinski definition) is 5. The van der Waals surface area contributed by atoms with Gasteiger partial charge in [-0.05, 0) is 24.3 Å². The van der Waals surface area contributed by atoms with Gasteiger partial charge in [0.1, 0.15) is 4.70 Å². The van der Waals surface area contributed by atoms with E-state index in [0.29, 0.717) is 13.0 Å². The van der Waals surface area contributed by atoms with E-state index < -0.39 is 10.1 Å². The minimum atomic E-state index is -3.95. The molecule has 1 aromatic heterocycles. The molecule has 1 aliphatic rings. The number of thiazole rings is 1. The Morgan fingerprint density at radius 1 is 1.11 bits per heavy atom. The molecular weight excluding hydrogens is 412 g/mol. The van der Waals surface area contributed by atoms with Gasteiger partial charge in [0.25, 0.3) is 15.1 Å². The molecule has 2 aromatic carbocycles. The summed E-state index contributed by atoms with van der Waals surface area (Å²) in [5.41, 5.74) is 2.19. The average molecular weight is 432 g/mol. The molecular formula is C20H19N2O3S3+. The van der Waals surface area contributed by atoms with Crippen molar-refractivity contribution in [1.82, 2.24) is 0 Å². The molecule has 2 N–H and O–H groups in total. The maximum absolute atomic E-state index is 11.0. The van der Waals surface area contributed by atoms with E-state index in [1.807, 2.05) is 48.6 Å². The van der Waals surface area contributed by atoms with Crippen LogP contribution in [0.15, 0.2) is 70.6 Å². The third kappa shape index (κ3) is 4.47. The van der Waals surface area contributed by atoms with Gasteiger partial charge in [0.05, 0.1) is 16.5 Å². The second kappa shape index (κ2) is 8.08. The molecule has 0 aliphatic carbocycles. The lowest BCUT2D eigenvalue weighted by atomic mass is 10.3. The number of anilines is 1. The van der Waals surface area contributed by atoms with Gasteiger partial charge in [0.2, 0.25) is 5.52 Å². The van der Waals surface area contributed by atoms with Gasteiger partial charge >= 0.3 is 0 Å². The summed E-state index contributed by atoms with van der Waals surface area (Å²) < 4.78 is 34.3. The highest BCUT2D eigenvalue weighted by Crippen LogP contribution is 2.40. The van der Waals surface area contributed by atoms with Crippen LogP contribution in [0.5, 0.6) is 0 Å². The Balaban J connectivity index is 1.55. The number of benzene rings is 2. The lowest BCUT2D eigenvalue weighted by molar-refractivity contribution is -0.668. The van der Waals surface area contributed by atoms with Crippen molar-refractivity contribution >= 4 is 55.2 Å². The molecule has 0 atom stereocenters. The normalized spacial score (nSPS) is 15.4. The first-order chi connectivity index (χ1) is 13.5. The van der Waals surface area contributed by atoms with Crippen LogP contribution in [0, 0.1) is 0 Å². The van der Waals surface area contributed by atoms with Crippen LogP contribution in [0.2, 0.25) is 0 Å². The van der Waals surface area contributed by atoms with Crippen LogP contribution in [-0.4, -0.2) is 18.7 Å². The molecule has 28 heavy (non-hydrogen) atoms. The van der Waals surface area contributed by atoms with Crippen LogP contribution < -0.4 is 9.88 Å². The fourth-order valence-corrected chi connectivity index (χ4v) is 5.56. The summed E-state index contributed by atoms with van der Waals surface area (Å²) >= 11 is 3.36. The third-order valence-corrected chi connectivity index (χ3v) is 7.24. The summed E-state index contributed by atoms with van der Waals surface area (Å²) in [6.45, 7) is 0.526.